The zero-order chi connectivity index (χ0) is 14.5. The topological polar surface area (TPSA) is 15.3 Å². The van der Waals surface area contributed by atoms with E-state index in [-0.39, 0.29) is 5.82 Å². The average Bonchev–Trinajstić information content (AvgIpc) is 2.50. The predicted octanol–water partition coefficient (Wildman–Crippen LogP) is 2.84. The molecule has 1 heterocycles. The maximum absolute atomic E-state index is 13.3. The molecular weight excluding hydrogens is 263 g/mol. The summed E-state index contributed by atoms with van der Waals surface area (Å²) in [6.45, 7) is 3.82. The van der Waals surface area contributed by atoms with Gasteiger partial charge in [-0.05, 0) is 29.7 Å². The first-order chi connectivity index (χ1) is 10.3. The van der Waals surface area contributed by atoms with Gasteiger partial charge in [0.1, 0.15) is 5.82 Å². The average molecular weight is 284 g/mol. The third-order valence-electron chi connectivity index (χ3n) is 4.06. The van der Waals surface area contributed by atoms with Crippen molar-refractivity contribution < 1.29 is 4.39 Å². The van der Waals surface area contributed by atoms with Crippen molar-refractivity contribution in [3.05, 3.63) is 71.5 Å². The standard InChI is InChI=1S/C18H21FN2/c19-17-8-4-7-16(11-17)14-21-10-9-20-13-18(21)12-15-5-2-1-3-6-15/h1-8,11,18,20H,9-10,12-14H2. The van der Waals surface area contributed by atoms with Crippen molar-refractivity contribution in [2.45, 2.75) is 19.0 Å². The largest absolute Gasteiger partial charge is 0.314 e. The lowest BCUT2D eigenvalue weighted by atomic mass is 10.0. The molecule has 0 radical (unpaired) electrons. The van der Waals surface area contributed by atoms with Crippen molar-refractivity contribution in [2.24, 2.45) is 0 Å². The molecule has 1 N–H and O–H groups in total. The third-order valence-corrected chi connectivity index (χ3v) is 4.06. The van der Waals surface area contributed by atoms with Crippen LogP contribution in [0.1, 0.15) is 11.1 Å². The van der Waals surface area contributed by atoms with E-state index in [0.717, 1.165) is 38.2 Å². The van der Waals surface area contributed by atoms with Gasteiger partial charge in [-0.1, -0.05) is 42.5 Å². The Bertz CT molecular complexity index is 570. The van der Waals surface area contributed by atoms with Gasteiger partial charge in [-0.2, -0.15) is 0 Å². The minimum atomic E-state index is -0.151. The minimum absolute atomic E-state index is 0.151. The van der Waals surface area contributed by atoms with Gasteiger partial charge in [0.25, 0.3) is 0 Å². The lowest BCUT2D eigenvalue weighted by Crippen LogP contribution is -2.51. The first-order valence-corrected chi connectivity index (χ1v) is 7.54. The Balaban J connectivity index is 1.69. The van der Waals surface area contributed by atoms with E-state index in [0.29, 0.717) is 6.04 Å². The molecule has 1 aliphatic heterocycles. The van der Waals surface area contributed by atoms with Gasteiger partial charge in [-0.15, -0.1) is 0 Å². The van der Waals surface area contributed by atoms with Crippen molar-refractivity contribution in [3.63, 3.8) is 0 Å². The molecule has 1 atom stereocenters. The van der Waals surface area contributed by atoms with E-state index in [1.165, 1.54) is 11.6 Å². The number of nitrogens with zero attached hydrogens (tertiary/aromatic N) is 1. The summed E-state index contributed by atoms with van der Waals surface area (Å²) in [5.41, 5.74) is 2.41. The molecule has 0 aromatic heterocycles. The van der Waals surface area contributed by atoms with Crippen LogP contribution in [0.2, 0.25) is 0 Å². The van der Waals surface area contributed by atoms with Crippen LogP contribution in [0, 0.1) is 5.82 Å². The molecule has 2 aromatic carbocycles. The SMILES string of the molecule is Fc1cccc(CN2CCNCC2Cc2ccccc2)c1. The van der Waals surface area contributed by atoms with E-state index in [1.807, 2.05) is 12.1 Å². The van der Waals surface area contributed by atoms with Gasteiger partial charge >= 0.3 is 0 Å². The second-order valence-electron chi connectivity index (χ2n) is 5.65. The number of rotatable bonds is 4. The maximum atomic E-state index is 13.3. The highest BCUT2D eigenvalue weighted by atomic mass is 19.1. The number of piperazine rings is 1. The van der Waals surface area contributed by atoms with Crippen molar-refractivity contribution in [1.29, 1.82) is 0 Å². The molecule has 1 saturated heterocycles. The number of hydrogen-bond donors (Lipinski definition) is 1. The number of halogens is 1. The van der Waals surface area contributed by atoms with Gasteiger partial charge in [0.05, 0.1) is 0 Å². The van der Waals surface area contributed by atoms with Crippen LogP contribution in [0.15, 0.2) is 54.6 Å². The van der Waals surface area contributed by atoms with Crippen molar-refractivity contribution in [3.8, 4) is 0 Å². The van der Waals surface area contributed by atoms with Gasteiger partial charge in [0, 0.05) is 32.2 Å². The number of hydrogen-bond acceptors (Lipinski definition) is 2. The summed E-state index contributed by atoms with van der Waals surface area (Å²) in [6.07, 6.45) is 1.03. The molecule has 0 spiro atoms. The lowest BCUT2D eigenvalue weighted by Gasteiger charge is -2.36. The Kier molecular flexibility index (Phi) is 4.63. The Hall–Kier alpha value is -1.71. The van der Waals surface area contributed by atoms with Crippen LogP contribution >= 0.6 is 0 Å². The summed E-state index contributed by atoms with van der Waals surface area (Å²) in [5.74, 6) is -0.151. The van der Waals surface area contributed by atoms with Gasteiger partial charge < -0.3 is 5.32 Å². The zero-order valence-electron chi connectivity index (χ0n) is 12.1. The molecule has 0 aliphatic carbocycles. The van der Waals surface area contributed by atoms with Crippen LogP contribution in [0.3, 0.4) is 0 Å². The van der Waals surface area contributed by atoms with E-state index >= 15 is 0 Å². The first kappa shape index (κ1) is 14.2. The van der Waals surface area contributed by atoms with E-state index in [1.54, 1.807) is 12.1 Å². The Morgan fingerprint density at radius 3 is 2.67 bits per heavy atom. The molecule has 3 heteroatoms. The molecule has 2 nitrogen and oxygen atoms in total. The Morgan fingerprint density at radius 1 is 1.05 bits per heavy atom. The van der Waals surface area contributed by atoms with E-state index < -0.39 is 0 Å². The molecule has 110 valence electrons. The van der Waals surface area contributed by atoms with Crippen LogP contribution in [-0.4, -0.2) is 30.6 Å². The maximum Gasteiger partial charge on any atom is 0.123 e. The van der Waals surface area contributed by atoms with Gasteiger partial charge in [0.15, 0.2) is 0 Å². The highest BCUT2D eigenvalue weighted by Gasteiger charge is 2.22. The van der Waals surface area contributed by atoms with E-state index in [2.05, 4.69) is 34.5 Å². The van der Waals surface area contributed by atoms with Crippen molar-refractivity contribution in [2.75, 3.05) is 19.6 Å². The van der Waals surface area contributed by atoms with E-state index in [4.69, 9.17) is 0 Å². The highest BCUT2D eigenvalue weighted by Crippen LogP contribution is 2.15. The fourth-order valence-corrected chi connectivity index (χ4v) is 2.97. The molecular formula is C18H21FN2. The lowest BCUT2D eigenvalue weighted by molar-refractivity contribution is 0.152. The summed E-state index contributed by atoms with van der Waals surface area (Å²) < 4.78 is 13.3. The zero-order valence-corrected chi connectivity index (χ0v) is 12.1. The number of benzene rings is 2. The van der Waals surface area contributed by atoms with E-state index in [9.17, 15) is 4.39 Å². The summed E-state index contributed by atoms with van der Waals surface area (Å²) in [4.78, 5) is 2.46. The third kappa shape index (κ3) is 3.90. The van der Waals surface area contributed by atoms with Gasteiger partial charge in [-0.25, -0.2) is 4.39 Å². The molecule has 3 rings (SSSR count). The number of nitrogens with one attached hydrogen (secondary N) is 1. The summed E-state index contributed by atoms with van der Waals surface area (Å²) in [6, 6.07) is 18.0. The smallest absolute Gasteiger partial charge is 0.123 e. The Morgan fingerprint density at radius 2 is 1.86 bits per heavy atom. The van der Waals surface area contributed by atoms with Crippen LogP contribution in [0.25, 0.3) is 0 Å². The quantitative estimate of drug-likeness (QED) is 0.929. The molecule has 2 aromatic rings. The second kappa shape index (κ2) is 6.83. The molecule has 0 saturated carbocycles. The van der Waals surface area contributed by atoms with Gasteiger partial charge in [-0.3, -0.25) is 4.90 Å². The summed E-state index contributed by atoms with van der Waals surface area (Å²) in [5, 5.41) is 3.47. The van der Waals surface area contributed by atoms with Crippen LogP contribution in [0.5, 0.6) is 0 Å². The minimum Gasteiger partial charge on any atom is -0.314 e. The fourth-order valence-electron chi connectivity index (χ4n) is 2.97. The molecule has 0 amide bonds. The summed E-state index contributed by atoms with van der Waals surface area (Å²) >= 11 is 0. The molecule has 0 bridgehead atoms. The first-order valence-electron chi connectivity index (χ1n) is 7.54. The molecule has 1 fully saturated rings. The monoisotopic (exact) mass is 284 g/mol. The second-order valence-corrected chi connectivity index (χ2v) is 5.65. The summed E-state index contributed by atoms with van der Waals surface area (Å²) in [7, 11) is 0. The van der Waals surface area contributed by atoms with Crippen molar-refractivity contribution >= 4 is 0 Å². The molecule has 21 heavy (non-hydrogen) atoms. The predicted molar refractivity (Wildman–Crippen MR) is 83.6 cm³/mol. The Labute approximate surface area is 125 Å². The molecule has 1 unspecified atom stereocenters. The molecule has 1 aliphatic rings. The van der Waals surface area contributed by atoms with Crippen molar-refractivity contribution in [1.82, 2.24) is 10.2 Å². The highest BCUT2D eigenvalue weighted by molar-refractivity contribution is 5.18. The van der Waals surface area contributed by atoms with Crippen LogP contribution < -0.4 is 5.32 Å². The van der Waals surface area contributed by atoms with Gasteiger partial charge in [0.2, 0.25) is 0 Å². The van der Waals surface area contributed by atoms with Crippen LogP contribution in [0.4, 0.5) is 4.39 Å². The van der Waals surface area contributed by atoms with Crippen LogP contribution in [-0.2, 0) is 13.0 Å². The normalized spacial score (nSPS) is 19.6. The fraction of sp³-hybridized carbons (Fsp3) is 0.333.